The van der Waals surface area contributed by atoms with Crippen molar-refractivity contribution in [2.45, 2.75) is 38.6 Å². The van der Waals surface area contributed by atoms with Crippen molar-refractivity contribution in [2.75, 3.05) is 0 Å². The molecule has 0 aromatic heterocycles. The predicted molar refractivity (Wildman–Crippen MR) is 52.9 cm³/mol. The smallest absolute Gasteiger partial charge is 0.117 e. The van der Waals surface area contributed by atoms with Crippen LogP contribution in [0, 0.1) is 5.92 Å². The molecule has 0 aliphatic heterocycles. The molecular weight excluding hydrogens is 170 g/mol. The molecule has 0 radical (unpaired) electrons. The lowest BCUT2D eigenvalue weighted by atomic mass is 9.88. The molecule has 1 N–H and O–H groups in total. The van der Waals surface area contributed by atoms with Gasteiger partial charge in [-0.05, 0) is 31.6 Å². The Morgan fingerprint density at radius 3 is 2.50 bits per heavy atom. The Kier molecular flexibility index (Phi) is 3.95. The molecule has 0 aromatic rings. The second-order valence-electron chi connectivity index (χ2n) is 3.54. The number of hydrogen-bond acceptors (Lipinski definition) is 1. The van der Waals surface area contributed by atoms with Gasteiger partial charge in [-0.25, -0.2) is 8.93 Å². The van der Waals surface area contributed by atoms with Crippen molar-refractivity contribution in [3.63, 3.8) is 0 Å². The first-order valence-corrected chi connectivity index (χ1v) is 5.73. The van der Waals surface area contributed by atoms with E-state index in [1.165, 1.54) is 18.2 Å². The van der Waals surface area contributed by atoms with Crippen LogP contribution in [0.15, 0.2) is 12.0 Å². The molecule has 1 aliphatic rings. The van der Waals surface area contributed by atoms with Gasteiger partial charge >= 0.3 is 0 Å². The van der Waals surface area contributed by atoms with E-state index in [1.54, 1.807) is 0 Å². The molecule has 1 fully saturated rings. The van der Waals surface area contributed by atoms with Gasteiger partial charge in [-0.15, -0.1) is 0 Å². The van der Waals surface area contributed by atoms with Gasteiger partial charge in [-0.1, -0.05) is 13.5 Å². The third kappa shape index (κ3) is 3.07. The minimum absolute atomic E-state index is 0.444. The second kappa shape index (κ2) is 4.77. The van der Waals surface area contributed by atoms with Crippen molar-refractivity contribution in [1.29, 1.82) is 0 Å². The molecular formula is C9H17NOS. The standard InChI is InChI=1S/C9H17NOS/c1-3-12(11)10-9-6-4-8(2)5-7-9/h3,8-10H,1,4-7H2,2H3. The fraction of sp³-hybridized carbons (Fsp3) is 0.778. The molecule has 3 heteroatoms. The summed E-state index contributed by atoms with van der Waals surface area (Å²) in [7, 11) is -1.02. The maximum Gasteiger partial charge on any atom is 0.117 e. The summed E-state index contributed by atoms with van der Waals surface area (Å²) in [5.74, 6) is 0.847. The Labute approximate surface area is 77.0 Å². The minimum atomic E-state index is -1.02. The molecule has 0 bridgehead atoms. The first-order chi connectivity index (χ1) is 5.72. The van der Waals surface area contributed by atoms with Crippen LogP contribution in [-0.4, -0.2) is 10.3 Å². The van der Waals surface area contributed by atoms with Gasteiger partial charge in [0.2, 0.25) is 0 Å². The first kappa shape index (κ1) is 9.93. The van der Waals surface area contributed by atoms with E-state index in [2.05, 4.69) is 18.2 Å². The van der Waals surface area contributed by atoms with Crippen LogP contribution < -0.4 is 4.72 Å². The van der Waals surface area contributed by atoms with Crippen molar-refractivity contribution < 1.29 is 4.21 Å². The molecule has 0 heterocycles. The van der Waals surface area contributed by atoms with Gasteiger partial charge in [0.05, 0.1) is 0 Å². The maximum absolute atomic E-state index is 11.0. The van der Waals surface area contributed by atoms with Crippen molar-refractivity contribution >= 4 is 11.0 Å². The van der Waals surface area contributed by atoms with E-state index in [1.807, 2.05) is 0 Å². The molecule has 0 amide bonds. The van der Waals surface area contributed by atoms with Crippen molar-refractivity contribution in [2.24, 2.45) is 5.92 Å². The van der Waals surface area contributed by atoms with E-state index in [-0.39, 0.29) is 0 Å². The van der Waals surface area contributed by atoms with E-state index in [4.69, 9.17) is 0 Å². The molecule has 0 aromatic carbocycles. The summed E-state index contributed by atoms with van der Waals surface area (Å²) in [5, 5.41) is 1.46. The average Bonchev–Trinajstić information content (AvgIpc) is 2.09. The van der Waals surface area contributed by atoms with E-state index >= 15 is 0 Å². The van der Waals surface area contributed by atoms with E-state index in [0.717, 1.165) is 18.8 Å². The topological polar surface area (TPSA) is 29.1 Å². The lowest BCUT2D eigenvalue weighted by Gasteiger charge is -2.25. The predicted octanol–water partition coefficient (Wildman–Crippen LogP) is 1.96. The summed E-state index contributed by atoms with van der Waals surface area (Å²) in [4.78, 5) is 0. The van der Waals surface area contributed by atoms with Crippen LogP contribution in [-0.2, 0) is 11.0 Å². The fourth-order valence-electron chi connectivity index (χ4n) is 1.59. The average molecular weight is 187 g/mol. The molecule has 0 saturated heterocycles. The molecule has 70 valence electrons. The Morgan fingerprint density at radius 1 is 1.42 bits per heavy atom. The first-order valence-electron chi connectivity index (χ1n) is 4.51. The van der Waals surface area contributed by atoms with E-state index < -0.39 is 11.0 Å². The highest BCUT2D eigenvalue weighted by Gasteiger charge is 2.18. The largest absolute Gasteiger partial charge is 0.238 e. The zero-order chi connectivity index (χ0) is 8.97. The lowest BCUT2D eigenvalue weighted by molar-refractivity contribution is 0.335. The van der Waals surface area contributed by atoms with Gasteiger partial charge in [0.25, 0.3) is 0 Å². The van der Waals surface area contributed by atoms with Gasteiger partial charge in [-0.2, -0.15) is 0 Å². The molecule has 1 atom stereocenters. The fourth-order valence-corrected chi connectivity index (χ4v) is 2.25. The summed E-state index contributed by atoms with van der Waals surface area (Å²) < 4.78 is 14.1. The molecule has 1 unspecified atom stereocenters. The highest BCUT2D eigenvalue weighted by atomic mass is 32.2. The van der Waals surface area contributed by atoms with Crippen LogP contribution >= 0.6 is 0 Å². The number of rotatable bonds is 3. The van der Waals surface area contributed by atoms with Crippen LogP contribution in [0.2, 0.25) is 0 Å². The number of hydrogen-bond donors (Lipinski definition) is 1. The van der Waals surface area contributed by atoms with Gasteiger partial charge in [0, 0.05) is 11.4 Å². The van der Waals surface area contributed by atoms with Gasteiger partial charge < -0.3 is 0 Å². The quantitative estimate of drug-likeness (QED) is 0.719. The Balaban J connectivity index is 2.26. The molecule has 1 aliphatic carbocycles. The SMILES string of the molecule is C=CS(=O)NC1CCC(C)CC1. The highest BCUT2D eigenvalue weighted by molar-refractivity contribution is 7.86. The van der Waals surface area contributed by atoms with E-state index in [9.17, 15) is 4.21 Å². The lowest BCUT2D eigenvalue weighted by Crippen LogP contribution is -2.33. The van der Waals surface area contributed by atoms with Crippen molar-refractivity contribution in [3.05, 3.63) is 12.0 Å². The minimum Gasteiger partial charge on any atom is -0.238 e. The van der Waals surface area contributed by atoms with Crippen LogP contribution in [0.1, 0.15) is 32.6 Å². The molecule has 1 rings (SSSR count). The Hall–Kier alpha value is -0.150. The summed E-state index contributed by atoms with van der Waals surface area (Å²) in [6, 6.07) is 0.444. The maximum atomic E-state index is 11.0. The normalized spacial score (nSPS) is 32.8. The highest BCUT2D eigenvalue weighted by Crippen LogP contribution is 2.23. The summed E-state index contributed by atoms with van der Waals surface area (Å²) in [5.41, 5.74) is 0. The van der Waals surface area contributed by atoms with Crippen LogP contribution in [0.4, 0.5) is 0 Å². The monoisotopic (exact) mass is 187 g/mol. The van der Waals surface area contributed by atoms with Gasteiger partial charge in [0.1, 0.15) is 11.0 Å². The summed E-state index contributed by atoms with van der Waals surface area (Å²) in [6.07, 6.45) is 4.82. The zero-order valence-electron chi connectivity index (χ0n) is 7.58. The summed E-state index contributed by atoms with van der Waals surface area (Å²) in [6.45, 7) is 5.76. The van der Waals surface area contributed by atoms with Gasteiger partial charge in [-0.3, -0.25) is 0 Å². The van der Waals surface area contributed by atoms with E-state index in [0.29, 0.717) is 6.04 Å². The Bertz CT molecular complexity index is 173. The second-order valence-corrected chi connectivity index (χ2v) is 4.70. The van der Waals surface area contributed by atoms with Crippen molar-refractivity contribution in [1.82, 2.24) is 4.72 Å². The van der Waals surface area contributed by atoms with Crippen LogP contribution in [0.5, 0.6) is 0 Å². The molecule has 1 saturated carbocycles. The molecule has 0 spiro atoms. The third-order valence-corrected chi connectivity index (χ3v) is 3.32. The zero-order valence-corrected chi connectivity index (χ0v) is 8.40. The van der Waals surface area contributed by atoms with Crippen LogP contribution in [0.25, 0.3) is 0 Å². The third-order valence-electron chi connectivity index (χ3n) is 2.45. The van der Waals surface area contributed by atoms with Gasteiger partial charge in [0.15, 0.2) is 0 Å². The van der Waals surface area contributed by atoms with Crippen molar-refractivity contribution in [3.8, 4) is 0 Å². The summed E-state index contributed by atoms with van der Waals surface area (Å²) >= 11 is 0. The van der Waals surface area contributed by atoms with Crippen LogP contribution in [0.3, 0.4) is 0 Å². The Morgan fingerprint density at radius 2 is 2.00 bits per heavy atom. The molecule has 12 heavy (non-hydrogen) atoms. The number of nitrogens with one attached hydrogen (secondary N) is 1. The molecule has 2 nitrogen and oxygen atoms in total.